The van der Waals surface area contributed by atoms with E-state index in [-0.39, 0.29) is 24.9 Å². The molecule has 0 bridgehead atoms. The van der Waals surface area contributed by atoms with E-state index in [1.165, 1.54) is 116 Å². The molecule has 10 heteroatoms. The molecule has 0 saturated carbocycles. The Morgan fingerprint density at radius 1 is 0.443 bits per heavy atom. The number of phosphoric acid groups is 1. The number of esters is 1. The summed E-state index contributed by atoms with van der Waals surface area (Å²) < 4.78 is 30.3. The van der Waals surface area contributed by atoms with Crippen LogP contribution in [0.3, 0.4) is 0 Å². The van der Waals surface area contributed by atoms with Crippen LogP contribution in [0.4, 0.5) is 0 Å². The summed E-state index contributed by atoms with van der Waals surface area (Å²) >= 11 is 0. The van der Waals surface area contributed by atoms with Gasteiger partial charge >= 0.3 is 5.97 Å². The Balaban J connectivity index is 5.26. The van der Waals surface area contributed by atoms with Gasteiger partial charge in [-0.3, -0.25) is 14.2 Å². The van der Waals surface area contributed by atoms with Crippen LogP contribution < -0.4 is 10.2 Å². The molecule has 0 rings (SSSR count). The molecule has 0 saturated heterocycles. The van der Waals surface area contributed by atoms with Gasteiger partial charge in [0.1, 0.15) is 19.3 Å². The second-order valence-corrected chi connectivity index (χ2v) is 24.0. The number of nitrogens with zero attached hydrogens (tertiary/aromatic N) is 1. The second-order valence-electron chi connectivity index (χ2n) is 22.6. The Hall–Kier alpha value is -3.33. The first-order valence-corrected chi connectivity index (χ1v) is 33.7. The number of phosphoric ester groups is 1. The molecule has 3 atom stereocenters. The van der Waals surface area contributed by atoms with E-state index in [1.54, 1.807) is 0 Å². The van der Waals surface area contributed by atoms with E-state index in [9.17, 15) is 19.0 Å². The molecule has 0 aliphatic carbocycles. The summed E-state index contributed by atoms with van der Waals surface area (Å²) in [6, 6.07) is -0.915. The number of rotatable bonds is 57. The summed E-state index contributed by atoms with van der Waals surface area (Å²) in [5.41, 5.74) is 0. The number of amides is 1. The maximum absolute atomic E-state index is 13.5. The topological polar surface area (TPSA) is 114 Å². The molecule has 0 aliphatic rings. The lowest BCUT2D eigenvalue weighted by atomic mass is 10.1. The summed E-state index contributed by atoms with van der Waals surface area (Å²) in [5, 5.41) is 3.01. The predicted molar refractivity (Wildman–Crippen MR) is 339 cm³/mol. The number of likely N-dealkylation sites (N-methyl/N-ethyl adjacent to an activating group) is 1. The lowest BCUT2D eigenvalue weighted by Crippen LogP contribution is -2.47. The van der Waals surface area contributed by atoms with Crippen molar-refractivity contribution < 1.29 is 37.3 Å². The van der Waals surface area contributed by atoms with Gasteiger partial charge in [0.2, 0.25) is 5.91 Å². The highest BCUT2D eigenvalue weighted by Gasteiger charge is 2.27. The Morgan fingerprint density at radius 3 is 1.19 bits per heavy atom. The monoisotopic (exact) mass is 1120 g/mol. The van der Waals surface area contributed by atoms with E-state index in [0.717, 1.165) is 109 Å². The second kappa shape index (κ2) is 57.9. The fraction of sp³-hybridized carbons (Fsp3) is 0.710. The maximum Gasteiger partial charge on any atom is 0.306 e. The molecule has 0 aromatic rings. The quantitative estimate of drug-likeness (QED) is 0.0212. The number of carbonyl (C=O) groups is 2. The standard InChI is InChI=1S/C69H121N2O7P/c1-7-10-13-16-19-22-25-27-29-31-33-34-35-36-38-39-41-43-46-49-52-55-58-61-68(72)70-66(65-77-79(74,75)76-64-63-71(4,5)6)67(60-57-54-51-48-45-24-21-18-15-12-9-3)78-69(73)62-59-56-53-50-47-44-42-40-37-32-30-28-26-23-20-17-14-11-8-2/h19-20,22-23,27-30,33-34,36-38,40,44,47,57,60,66-67H,7-18,21,24-26,31-32,35,39,41-43,45-46,48-56,58-59,61-65H2,1-6H3,(H-,70,72,74,75)/b22-19-,23-20-,29-27-,30-28-,34-33-,38-36-,40-37-,47-44-,60-57-. The normalized spacial score (nSPS) is 14.4. The van der Waals surface area contributed by atoms with Gasteiger partial charge in [-0.2, -0.15) is 0 Å². The molecule has 0 fully saturated rings. The molecule has 1 N–H and O–H groups in total. The van der Waals surface area contributed by atoms with Gasteiger partial charge in [-0.15, -0.1) is 0 Å². The first-order valence-electron chi connectivity index (χ1n) is 32.2. The van der Waals surface area contributed by atoms with Gasteiger partial charge in [-0.25, -0.2) is 0 Å². The van der Waals surface area contributed by atoms with Crippen LogP contribution >= 0.6 is 7.82 Å². The number of unbranched alkanes of at least 4 members (excludes halogenated alkanes) is 25. The van der Waals surface area contributed by atoms with Crippen molar-refractivity contribution in [2.24, 2.45) is 0 Å². The minimum atomic E-state index is -4.72. The Morgan fingerprint density at radius 2 is 0.772 bits per heavy atom. The molecule has 79 heavy (non-hydrogen) atoms. The van der Waals surface area contributed by atoms with Crippen molar-refractivity contribution in [1.82, 2.24) is 5.32 Å². The minimum absolute atomic E-state index is 0.0356. The van der Waals surface area contributed by atoms with E-state index in [1.807, 2.05) is 33.3 Å². The summed E-state index contributed by atoms with van der Waals surface area (Å²) in [7, 11) is 1.14. The number of hydrogen-bond acceptors (Lipinski definition) is 7. The van der Waals surface area contributed by atoms with Crippen molar-refractivity contribution in [3.63, 3.8) is 0 Å². The average molecular weight is 1120 g/mol. The van der Waals surface area contributed by atoms with Crippen molar-refractivity contribution >= 4 is 19.7 Å². The van der Waals surface area contributed by atoms with Crippen LogP contribution in [0.25, 0.3) is 0 Å². The van der Waals surface area contributed by atoms with E-state index in [0.29, 0.717) is 23.9 Å². The van der Waals surface area contributed by atoms with Crippen LogP contribution in [0, 0.1) is 0 Å². The van der Waals surface area contributed by atoms with Crippen LogP contribution in [-0.4, -0.2) is 69.4 Å². The summed E-state index contributed by atoms with van der Waals surface area (Å²) in [4.78, 5) is 40.0. The highest BCUT2D eigenvalue weighted by atomic mass is 31.2. The zero-order chi connectivity index (χ0) is 57.9. The minimum Gasteiger partial charge on any atom is -0.756 e. The maximum atomic E-state index is 13.5. The third-order valence-corrected chi connectivity index (χ3v) is 14.6. The van der Waals surface area contributed by atoms with Crippen molar-refractivity contribution in [3.8, 4) is 0 Å². The van der Waals surface area contributed by atoms with Crippen LogP contribution in [0.5, 0.6) is 0 Å². The number of hydrogen-bond donors (Lipinski definition) is 1. The molecule has 0 aromatic heterocycles. The fourth-order valence-electron chi connectivity index (χ4n) is 8.66. The Labute approximate surface area is 487 Å². The van der Waals surface area contributed by atoms with Gasteiger partial charge in [0.25, 0.3) is 7.82 Å². The number of quaternary nitrogens is 1. The number of ether oxygens (including phenoxy) is 1. The van der Waals surface area contributed by atoms with Crippen LogP contribution in [0.2, 0.25) is 0 Å². The number of allylic oxidation sites excluding steroid dienone is 17. The molecule has 0 aliphatic heterocycles. The van der Waals surface area contributed by atoms with Gasteiger partial charge < -0.3 is 28.5 Å². The molecule has 0 radical (unpaired) electrons. The van der Waals surface area contributed by atoms with Gasteiger partial charge in [-0.05, 0) is 122 Å². The van der Waals surface area contributed by atoms with E-state index >= 15 is 0 Å². The summed E-state index contributed by atoms with van der Waals surface area (Å²) in [6.45, 7) is 6.74. The molecule has 0 heterocycles. The lowest BCUT2D eigenvalue weighted by Gasteiger charge is -2.30. The molecule has 1 amide bonds. The van der Waals surface area contributed by atoms with Gasteiger partial charge in [-0.1, -0.05) is 240 Å². The molecule has 0 aromatic carbocycles. The predicted octanol–water partition coefficient (Wildman–Crippen LogP) is 19.5. The van der Waals surface area contributed by atoms with Gasteiger partial charge in [0.05, 0.1) is 33.8 Å². The van der Waals surface area contributed by atoms with Crippen molar-refractivity contribution in [2.75, 3.05) is 40.9 Å². The lowest BCUT2D eigenvalue weighted by molar-refractivity contribution is -0.870. The molecule has 9 nitrogen and oxygen atoms in total. The van der Waals surface area contributed by atoms with Crippen molar-refractivity contribution in [1.29, 1.82) is 0 Å². The van der Waals surface area contributed by atoms with E-state index < -0.39 is 26.6 Å². The van der Waals surface area contributed by atoms with E-state index in [2.05, 4.69) is 123 Å². The fourth-order valence-corrected chi connectivity index (χ4v) is 9.39. The molecular weight excluding hydrogens is 1000 g/mol. The SMILES string of the molecule is CCCCC/C=C\C/C=C\C/C=C\C/C=C\CCCCCCCCCC(=O)NC(COP(=O)([O-])OCC[N+](C)(C)C)C(/C=C\CCCCCCCCCCC)OC(=O)CCCCC/C=C\C/C=C\C/C=C\C/C=C\CCCCC. The average Bonchev–Trinajstić information content (AvgIpc) is 3.41. The smallest absolute Gasteiger partial charge is 0.306 e. The van der Waals surface area contributed by atoms with Crippen LogP contribution in [0.15, 0.2) is 109 Å². The van der Waals surface area contributed by atoms with Gasteiger partial charge in [0.15, 0.2) is 0 Å². The highest BCUT2D eigenvalue weighted by molar-refractivity contribution is 7.45. The molecule has 0 spiro atoms. The third kappa shape index (κ3) is 59.1. The summed E-state index contributed by atoms with van der Waals surface area (Å²) in [6.07, 6.45) is 79.1. The van der Waals surface area contributed by atoms with Crippen LogP contribution in [-0.2, 0) is 27.9 Å². The first-order chi connectivity index (χ1) is 38.4. The van der Waals surface area contributed by atoms with Crippen molar-refractivity contribution in [3.05, 3.63) is 109 Å². The molecule has 454 valence electrons. The highest BCUT2D eigenvalue weighted by Crippen LogP contribution is 2.38. The van der Waals surface area contributed by atoms with Crippen molar-refractivity contribution in [2.45, 2.75) is 277 Å². The van der Waals surface area contributed by atoms with E-state index in [4.69, 9.17) is 13.8 Å². The van der Waals surface area contributed by atoms with Crippen LogP contribution in [0.1, 0.15) is 265 Å². The first kappa shape index (κ1) is 75.7. The number of nitrogens with one attached hydrogen (secondary N) is 1. The zero-order valence-electron chi connectivity index (χ0n) is 51.8. The molecular formula is C69H121N2O7P. The number of carbonyl (C=O) groups excluding carboxylic acids is 2. The largest absolute Gasteiger partial charge is 0.756 e. The Kier molecular flexibility index (Phi) is 55.4. The van der Waals surface area contributed by atoms with Gasteiger partial charge in [0, 0.05) is 12.8 Å². The molecule has 3 unspecified atom stereocenters. The summed E-state index contributed by atoms with van der Waals surface area (Å²) in [5.74, 6) is -0.595. The Bertz CT molecular complexity index is 1720. The zero-order valence-corrected chi connectivity index (χ0v) is 52.7. The third-order valence-electron chi connectivity index (χ3n) is 13.7.